The van der Waals surface area contributed by atoms with Gasteiger partial charge in [0.05, 0.1) is 0 Å². The van der Waals surface area contributed by atoms with E-state index in [0.717, 1.165) is 0 Å². The summed E-state index contributed by atoms with van der Waals surface area (Å²) in [5, 5.41) is 8.27. The van der Waals surface area contributed by atoms with Crippen LogP contribution in [0.25, 0.3) is 0 Å². The Hall–Kier alpha value is -0.570. The summed E-state index contributed by atoms with van der Waals surface area (Å²) < 4.78 is 0. The summed E-state index contributed by atoms with van der Waals surface area (Å²) in [6, 6.07) is 16.5. The average molecular weight is 427 g/mol. The Labute approximate surface area is 115 Å². The molecule has 0 saturated carbocycles. The molecule has 2 rings (SSSR count). The number of carboxylic acids is 1. The second-order valence-electron chi connectivity index (χ2n) is 2.44. The molecule has 2 nitrogen and oxygen atoms in total. The summed E-state index contributed by atoms with van der Waals surface area (Å²) in [4.78, 5) is 10.1. The molecule has 0 fully saturated rings. The van der Waals surface area contributed by atoms with Crippen molar-refractivity contribution < 1.29 is 49.3 Å². The second-order valence-corrected chi connectivity index (χ2v) is 2.44. The van der Waals surface area contributed by atoms with Gasteiger partial charge >= 0.3 is 17.1 Å². The van der Waals surface area contributed by atoms with E-state index in [2.05, 4.69) is 0 Å². The maximum Gasteiger partial charge on any atom is 2.00 e. The third kappa shape index (κ3) is 7.37. The van der Waals surface area contributed by atoms with Crippen molar-refractivity contribution in [3.05, 3.63) is 60.2 Å². The zero-order valence-corrected chi connectivity index (χ0v) is 11.0. The van der Waals surface area contributed by atoms with Gasteiger partial charge in [0, 0.05) is 22.4 Å². The number of carboxylic acid groups (broad SMARTS) is 1. The fourth-order valence-electron chi connectivity index (χ4n) is 0.837. The van der Waals surface area contributed by atoms with Gasteiger partial charge in [0.2, 0.25) is 0 Å². The molecular weight excluding hydrogens is 417 g/mol. The number of carbonyl (C=O) groups is 1. The first-order chi connectivity index (χ1) is 6.30. The summed E-state index contributed by atoms with van der Waals surface area (Å²) in [5.74, 6) is -0.866. The van der Waals surface area contributed by atoms with E-state index in [9.17, 15) is 4.79 Å². The van der Waals surface area contributed by atoms with Gasteiger partial charge in [-0.3, -0.25) is 4.79 Å². The quantitative estimate of drug-likeness (QED) is 0.562. The van der Waals surface area contributed by atoms with Crippen LogP contribution < -0.4 is 0 Å². The molecule has 0 amide bonds. The summed E-state index contributed by atoms with van der Waals surface area (Å²) in [6.45, 7) is 0. The van der Waals surface area contributed by atoms with Crippen molar-refractivity contribution in [2.75, 3.05) is 0 Å². The molecule has 2 aromatic carbocycles. The SMILES string of the molecule is O=C(O)[c-]1cccc1.[Au].[Fe+2].c1cc[cH-]c1. The van der Waals surface area contributed by atoms with Gasteiger partial charge in [-0.05, 0) is 0 Å². The molecule has 0 aliphatic heterocycles. The van der Waals surface area contributed by atoms with Gasteiger partial charge in [0.15, 0.2) is 0 Å². The van der Waals surface area contributed by atoms with Crippen molar-refractivity contribution in [3.63, 3.8) is 0 Å². The van der Waals surface area contributed by atoms with Crippen LogP contribution in [0.4, 0.5) is 0 Å². The van der Waals surface area contributed by atoms with Crippen LogP contribution in [0.1, 0.15) is 10.4 Å². The Morgan fingerprint density at radius 3 is 1.73 bits per heavy atom. The summed E-state index contributed by atoms with van der Waals surface area (Å²) >= 11 is 0. The minimum Gasteiger partial charge on any atom is -0.487 e. The maximum absolute atomic E-state index is 10.1. The zero-order valence-electron chi connectivity index (χ0n) is 7.71. The number of aromatic carboxylic acids is 1. The number of rotatable bonds is 1. The Bertz CT molecular complexity index is 310. The first-order valence-electron chi connectivity index (χ1n) is 3.92. The Morgan fingerprint density at radius 1 is 1.07 bits per heavy atom. The van der Waals surface area contributed by atoms with Crippen LogP contribution in [0, 0.1) is 0 Å². The molecule has 0 aliphatic rings. The molecular formula is C11H10AuFeO2. The third-order valence-corrected chi connectivity index (χ3v) is 1.47. The van der Waals surface area contributed by atoms with Crippen molar-refractivity contribution >= 4 is 5.97 Å². The molecule has 0 unspecified atom stereocenters. The van der Waals surface area contributed by atoms with Gasteiger partial charge in [-0.15, -0.1) is 0 Å². The fourth-order valence-corrected chi connectivity index (χ4v) is 0.837. The molecule has 0 heterocycles. The van der Waals surface area contributed by atoms with Crippen molar-refractivity contribution in [2.24, 2.45) is 0 Å². The summed E-state index contributed by atoms with van der Waals surface area (Å²) in [7, 11) is 0. The van der Waals surface area contributed by atoms with Gasteiger partial charge in [0.1, 0.15) is 0 Å². The van der Waals surface area contributed by atoms with Crippen LogP contribution >= 0.6 is 0 Å². The van der Waals surface area contributed by atoms with E-state index in [1.807, 2.05) is 30.3 Å². The Morgan fingerprint density at radius 2 is 1.53 bits per heavy atom. The smallest absolute Gasteiger partial charge is 0.487 e. The Balaban J connectivity index is 0. The molecule has 0 bridgehead atoms. The second kappa shape index (κ2) is 9.96. The topological polar surface area (TPSA) is 37.3 Å². The molecule has 0 aliphatic carbocycles. The molecule has 1 radical (unpaired) electrons. The van der Waals surface area contributed by atoms with E-state index < -0.39 is 5.97 Å². The van der Waals surface area contributed by atoms with Gasteiger partial charge in [-0.1, -0.05) is 5.56 Å². The van der Waals surface area contributed by atoms with E-state index >= 15 is 0 Å². The average Bonchev–Trinajstić information content (AvgIpc) is 2.82. The van der Waals surface area contributed by atoms with E-state index in [4.69, 9.17) is 5.11 Å². The molecule has 0 spiro atoms. The van der Waals surface area contributed by atoms with E-state index in [-0.39, 0.29) is 39.4 Å². The first-order valence-corrected chi connectivity index (χ1v) is 3.92. The molecule has 0 saturated heterocycles. The molecule has 2 aromatic rings. The normalized spacial score (nSPS) is 7.47. The van der Waals surface area contributed by atoms with E-state index in [0.29, 0.717) is 5.56 Å². The zero-order chi connectivity index (χ0) is 9.52. The van der Waals surface area contributed by atoms with Crippen molar-refractivity contribution in [1.82, 2.24) is 0 Å². The van der Waals surface area contributed by atoms with Gasteiger partial charge in [0.25, 0.3) is 5.97 Å². The number of hydrogen-bond donors (Lipinski definition) is 1. The van der Waals surface area contributed by atoms with Crippen molar-refractivity contribution in [3.8, 4) is 0 Å². The minimum absolute atomic E-state index is 0. The van der Waals surface area contributed by atoms with Crippen LogP contribution in [0.2, 0.25) is 0 Å². The van der Waals surface area contributed by atoms with Crippen LogP contribution in [0.5, 0.6) is 0 Å². The van der Waals surface area contributed by atoms with Crippen LogP contribution in [-0.4, -0.2) is 11.1 Å². The van der Waals surface area contributed by atoms with E-state index in [1.165, 1.54) is 0 Å². The van der Waals surface area contributed by atoms with Gasteiger partial charge in [-0.25, -0.2) is 24.3 Å². The monoisotopic (exact) mass is 427 g/mol. The minimum atomic E-state index is -0.866. The van der Waals surface area contributed by atoms with Crippen molar-refractivity contribution in [1.29, 1.82) is 0 Å². The van der Waals surface area contributed by atoms with E-state index in [1.54, 1.807) is 24.3 Å². The molecule has 0 aromatic heterocycles. The summed E-state index contributed by atoms with van der Waals surface area (Å²) in [6.07, 6.45) is 0. The standard InChI is InChI=1S/C6H5O2.C5H5.Au.Fe/c7-6(8)5-3-1-2-4-5;1-2-4-5-3-1;;/h1-4H,(H,7,8);1-5H;;/q2*-1;;+2. The predicted molar refractivity (Wildman–Crippen MR) is 51.0 cm³/mol. The van der Waals surface area contributed by atoms with Gasteiger partial charge in [-0.2, -0.15) is 30.3 Å². The molecule has 1 N–H and O–H groups in total. The van der Waals surface area contributed by atoms with Crippen LogP contribution in [0.3, 0.4) is 0 Å². The molecule has 15 heavy (non-hydrogen) atoms. The van der Waals surface area contributed by atoms with Crippen molar-refractivity contribution in [2.45, 2.75) is 0 Å². The van der Waals surface area contributed by atoms with Gasteiger partial charge < -0.3 is 5.11 Å². The van der Waals surface area contributed by atoms with Crippen LogP contribution in [-0.2, 0) is 39.4 Å². The third-order valence-electron chi connectivity index (χ3n) is 1.47. The largest absolute Gasteiger partial charge is 2.00 e. The first kappa shape index (κ1) is 16.8. The number of hydrogen-bond acceptors (Lipinski definition) is 1. The molecule has 85 valence electrons. The summed E-state index contributed by atoms with van der Waals surface area (Å²) in [5.41, 5.74) is 0.352. The fraction of sp³-hybridized carbons (Fsp3) is 0. The maximum atomic E-state index is 10.1. The Kier molecular flexibility index (Phi) is 11.2. The molecule has 4 heteroatoms. The van der Waals surface area contributed by atoms with Crippen LogP contribution in [0.15, 0.2) is 54.6 Å². The molecule has 0 atom stereocenters. The predicted octanol–water partition coefficient (Wildman–Crippen LogP) is 2.50.